The topological polar surface area (TPSA) is 29.5 Å². The first-order valence-electron chi connectivity index (χ1n) is 6.22. The summed E-state index contributed by atoms with van der Waals surface area (Å²) in [5.41, 5.74) is 0.883. The highest BCUT2D eigenvalue weighted by atomic mass is 19.4. The van der Waals surface area contributed by atoms with Crippen LogP contribution < -0.4 is 4.74 Å². The summed E-state index contributed by atoms with van der Waals surface area (Å²) >= 11 is 0. The minimum Gasteiger partial charge on any atom is -0.406 e. The monoisotopic (exact) mass is 276 g/mol. The number of benzene rings is 1. The summed E-state index contributed by atoms with van der Waals surface area (Å²) in [6, 6.07) is 5.78. The Bertz CT molecular complexity index is 375. The van der Waals surface area contributed by atoms with E-state index in [1.54, 1.807) is 19.1 Å². The molecule has 0 fully saturated rings. The highest BCUT2D eigenvalue weighted by Gasteiger charge is 2.31. The molecule has 2 atom stereocenters. The Hall–Kier alpha value is -1.23. The Morgan fingerprint density at radius 2 is 1.63 bits per heavy atom. The predicted octanol–water partition coefficient (Wildman–Crippen LogP) is 3.78. The van der Waals surface area contributed by atoms with Crippen LogP contribution in [0.4, 0.5) is 13.2 Å². The van der Waals surface area contributed by atoms with E-state index in [-0.39, 0.29) is 11.7 Å². The molecule has 1 N–H and O–H groups in total. The van der Waals surface area contributed by atoms with Gasteiger partial charge in [-0.15, -0.1) is 13.2 Å². The molecule has 0 radical (unpaired) electrons. The van der Waals surface area contributed by atoms with Crippen LogP contribution in [0, 0.1) is 11.8 Å². The van der Waals surface area contributed by atoms with E-state index in [2.05, 4.69) is 4.74 Å². The second kappa shape index (κ2) is 6.28. The second-order valence-corrected chi connectivity index (χ2v) is 5.04. The Kier molecular flexibility index (Phi) is 5.23. The normalized spacial score (nSPS) is 15.4. The van der Waals surface area contributed by atoms with E-state index in [1.807, 2.05) is 13.8 Å². The van der Waals surface area contributed by atoms with E-state index in [4.69, 9.17) is 0 Å². The number of aliphatic hydroxyl groups is 1. The summed E-state index contributed by atoms with van der Waals surface area (Å²) in [4.78, 5) is 0. The molecule has 0 aromatic heterocycles. The van der Waals surface area contributed by atoms with Crippen molar-refractivity contribution in [2.45, 2.75) is 39.7 Å². The van der Waals surface area contributed by atoms with E-state index in [0.717, 1.165) is 5.56 Å². The summed E-state index contributed by atoms with van der Waals surface area (Å²) in [7, 11) is 0. The number of hydrogen-bond donors (Lipinski definition) is 1. The summed E-state index contributed by atoms with van der Waals surface area (Å²) in [6.45, 7) is 5.75. The van der Waals surface area contributed by atoms with Crippen LogP contribution in [-0.2, 0) is 6.42 Å². The number of hydrogen-bond acceptors (Lipinski definition) is 2. The summed E-state index contributed by atoms with van der Waals surface area (Å²) in [5.74, 6) is 0.148. The maximum absolute atomic E-state index is 12.0. The van der Waals surface area contributed by atoms with Crippen molar-refractivity contribution < 1.29 is 23.0 Å². The molecule has 0 spiro atoms. The molecular formula is C14H19F3O2. The van der Waals surface area contributed by atoms with Crippen LogP contribution in [0.15, 0.2) is 24.3 Å². The van der Waals surface area contributed by atoms with Gasteiger partial charge in [-0.25, -0.2) is 0 Å². The lowest BCUT2D eigenvalue weighted by atomic mass is 9.85. The van der Waals surface area contributed by atoms with E-state index in [9.17, 15) is 18.3 Å². The molecule has 1 aromatic carbocycles. The lowest BCUT2D eigenvalue weighted by Gasteiger charge is -2.23. The third-order valence-corrected chi connectivity index (χ3v) is 3.10. The Morgan fingerprint density at radius 3 is 2.00 bits per heavy atom. The molecule has 0 heterocycles. The van der Waals surface area contributed by atoms with Crippen LogP contribution in [-0.4, -0.2) is 17.6 Å². The van der Waals surface area contributed by atoms with E-state index >= 15 is 0 Å². The van der Waals surface area contributed by atoms with Gasteiger partial charge in [-0.1, -0.05) is 26.0 Å². The highest BCUT2D eigenvalue weighted by Crippen LogP contribution is 2.25. The maximum Gasteiger partial charge on any atom is 0.573 e. The molecular weight excluding hydrogens is 257 g/mol. The average Bonchev–Trinajstić information content (AvgIpc) is 2.25. The van der Waals surface area contributed by atoms with Crippen molar-refractivity contribution >= 4 is 0 Å². The molecule has 0 aliphatic carbocycles. The molecule has 1 aromatic rings. The first-order valence-corrected chi connectivity index (χ1v) is 6.22. The van der Waals surface area contributed by atoms with Gasteiger partial charge < -0.3 is 9.84 Å². The zero-order valence-electron chi connectivity index (χ0n) is 11.2. The van der Waals surface area contributed by atoms with Crippen LogP contribution in [0.2, 0.25) is 0 Å². The number of halogens is 3. The van der Waals surface area contributed by atoms with Crippen molar-refractivity contribution in [1.29, 1.82) is 0 Å². The Morgan fingerprint density at radius 1 is 1.11 bits per heavy atom. The minimum absolute atomic E-state index is 0.0781. The smallest absolute Gasteiger partial charge is 0.406 e. The molecule has 108 valence electrons. The average molecular weight is 276 g/mol. The number of alkyl halides is 3. The van der Waals surface area contributed by atoms with Crippen LogP contribution in [0.25, 0.3) is 0 Å². The molecule has 2 nitrogen and oxygen atoms in total. The standard InChI is InChI=1S/C14H19F3O2/c1-9(2)13(10(3)18)8-11-4-6-12(7-5-11)19-14(15,16)17/h4-7,9-10,13,18H,8H2,1-3H3. The molecule has 0 saturated heterocycles. The molecule has 0 amide bonds. The molecule has 2 unspecified atom stereocenters. The molecule has 0 saturated carbocycles. The molecule has 1 rings (SSSR count). The van der Waals surface area contributed by atoms with Crippen molar-refractivity contribution in [3.63, 3.8) is 0 Å². The lowest BCUT2D eigenvalue weighted by Crippen LogP contribution is -2.24. The van der Waals surface area contributed by atoms with E-state index < -0.39 is 12.5 Å². The molecule has 5 heteroatoms. The van der Waals surface area contributed by atoms with E-state index in [1.165, 1.54) is 12.1 Å². The number of ether oxygens (including phenoxy) is 1. The summed E-state index contributed by atoms with van der Waals surface area (Å²) in [6.07, 6.45) is -4.49. The zero-order chi connectivity index (χ0) is 14.6. The van der Waals surface area contributed by atoms with Gasteiger partial charge in [0.25, 0.3) is 0 Å². The van der Waals surface area contributed by atoms with Gasteiger partial charge in [0.05, 0.1) is 6.10 Å². The van der Waals surface area contributed by atoms with E-state index in [0.29, 0.717) is 12.3 Å². The summed E-state index contributed by atoms with van der Waals surface area (Å²) < 4.78 is 39.8. The zero-order valence-corrected chi connectivity index (χ0v) is 11.2. The van der Waals surface area contributed by atoms with Gasteiger partial charge in [0, 0.05) is 0 Å². The van der Waals surface area contributed by atoms with Crippen molar-refractivity contribution in [3.05, 3.63) is 29.8 Å². The fourth-order valence-corrected chi connectivity index (χ4v) is 2.06. The first-order chi connectivity index (χ1) is 8.69. The van der Waals surface area contributed by atoms with Crippen molar-refractivity contribution in [3.8, 4) is 5.75 Å². The quantitative estimate of drug-likeness (QED) is 0.886. The third kappa shape index (κ3) is 5.51. The van der Waals surface area contributed by atoms with Crippen molar-refractivity contribution in [2.24, 2.45) is 11.8 Å². The van der Waals surface area contributed by atoms with Gasteiger partial charge in [0.2, 0.25) is 0 Å². The number of aliphatic hydroxyl groups excluding tert-OH is 1. The van der Waals surface area contributed by atoms with Crippen LogP contribution in [0.3, 0.4) is 0 Å². The lowest BCUT2D eigenvalue weighted by molar-refractivity contribution is -0.274. The highest BCUT2D eigenvalue weighted by molar-refractivity contribution is 5.27. The van der Waals surface area contributed by atoms with Crippen LogP contribution >= 0.6 is 0 Å². The third-order valence-electron chi connectivity index (χ3n) is 3.10. The van der Waals surface area contributed by atoms with Gasteiger partial charge in [0.15, 0.2) is 0 Å². The van der Waals surface area contributed by atoms with Gasteiger partial charge >= 0.3 is 6.36 Å². The van der Waals surface area contributed by atoms with Gasteiger partial charge in [-0.3, -0.25) is 0 Å². The maximum atomic E-state index is 12.0. The van der Waals surface area contributed by atoms with Crippen molar-refractivity contribution in [2.75, 3.05) is 0 Å². The molecule has 0 aliphatic rings. The van der Waals surface area contributed by atoms with Crippen molar-refractivity contribution in [1.82, 2.24) is 0 Å². The van der Waals surface area contributed by atoms with Crippen LogP contribution in [0.1, 0.15) is 26.3 Å². The fraction of sp³-hybridized carbons (Fsp3) is 0.571. The fourth-order valence-electron chi connectivity index (χ4n) is 2.06. The van der Waals surface area contributed by atoms with Gasteiger partial charge in [-0.05, 0) is 42.9 Å². The second-order valence-electron chi connectivity index (χ2n) is 5.04. The molecule has 0 aliphatic heterocycles. The molecule has 0 bridgehead atoms. The van der Waals surface area contributed by atoms with Gasteiger partial charge in [0.1, 0.15) is 5.75 Å². The molecule has 19 heavy (non-hydrogen) atoms. The first kappa shape index (κ1) is 15.8. The summed E-state index contributed by atoms with van der Waals surface area (Å²) in [5, 5.41) is 9.68. The van der Waals surface area contributed by atoms with Crippen LogP contribution in [0.5, 0.6) is 5.75 Å². The van der Waals surface area contributed by atoms with Gasteiger partial charge in [-0.2, -0.15) is 0 Å². The minimum atomic E-state index is -4.67. The Balaban J connectivity index is 2.71. The number of rotatable bonds is 5. The largest absolute Gasteiger partial charge is 0.573 e. The Labute approximate surface area is 111 Å². The predicted molar refractivity (Wildman–Crippen MR) is 66.8 cm³/mol. The SMILES string of the molecule is CC(C)C(Cc1ccc(OC(F)(F)F)cc1)C(C)O.